The molecule has 3 heterocycles. The zero-order chi connectivity index (χ0) is 24.4. The summed E-state index contributed by atoms with van der Waals surface area (Å²) in [5, 5.41) is 3.23. The highest BCUT2D eigenvalue weighted by molar-refractivity contribution is 5.98. The number of ether oxygens (including phenoxy) is 1. The van der Waals surface area contributed by atoms with E-state index >= 15 is 0 Å². The molecule has 1 N–H and O–H groups in total. The molecule has 7 nitrogen and oxygen atoms in total. The molecule has 35 heavy (non-hydrogen) atoms. The Morgan fingerprint density at radius 2 is 1.77 bits per heavy atom. The van der Waals surface area contributed by atoms with Crippen LogP contribution in [0.25, 0.3) is 0 Å². The third kappa shape index (κ3) is 5.25. The van der Waals surface area contributed by atoms with Crippen molar-refractivity contribution in [3.05, 3.63) is 87.8 Å². The van der Waals surface area contributed by atoms with Gasteiger partial charge in [0.15, 0.2) is 0 Å². The molecule has 2 aliphatic heterocycles. The minimum absolute atomic E-state index is 0.0130. The number of aryl methyl sites for hydroxylation is 1. The Labute approximate surface area is 205 Å². The lowest BCUT2D eigenvalue weighted by Gasteiger charge is -2.32. The Balaban J connectivity index is 1.26. The number of benzene rings is 2. The molecule has 0 saturated carbocycles. The molecular formula is C28H32N4O3. The van der Waals surface area contributed by atoms with Crippen molar-refractivity contribution in [2.75, 3.05) is 38.1 Å². The Morgan fingerprint density at radius 1 is 0.971 bits per heavy atom. The third-order valence-electron chi connectivity index (χ3n) is 6.82. The molecule has 1 atom stereocenters. The summed E-state index contributed by atoms with van der Waals surface area (Å²) >= 11 is 0. The summed E-state index contributed by atoms with van der Waals surface area (Å²) in [7, 11) is 1.71. The van der Waals surface area contributed by atoms with Gasteiger partial charge in [-0.1, -0.05) is 31.2 Å². The van der Waals surface area contributed by atoms with E-state index in [4.69, 9.17) is 4.74 Å². The lowest BCUT2D eigenvalue weighted by atomic mass is 9.99. The summed E-state index contributed by atoms with van der Waals surface area (Å²) < 4.78 is 7.42. The Bertz CT molecular complexity index is 1290. The lowest BCUT2D eigenvalue weighted by molar-refractivity contribution is 0.0713. The molecule has 5 rings (SSSR count). The number of nitrogens with zero attached hydrogens (tertiary/aromatic N) is 3. The van der Waals surface area contributed by atoms with Crippen molar-refractivity contribution < 1.29 is 9.53 Å². The number of pyridine rings is 1. The van der Waals surface area contributed by atoms with Gasteiger partial charge in [-0.25, -0.2) is 0 Å². The average Bonchev–Trinajstić information content (AvgIpc) is 3.00. The highest BCUT2D eigenvalue weighted by Gasteiger charge is 2.26. The van der Waals surface area contributed by atoms with Crippen LogP contribution in [0, 0.1) is 5.92 Å². The van der Waals surface area contributed by atoms with Crippen molar-refractivity contribution >= 4 is 17.3 Å². The number of hydrogen-bond acceptors (Lipinski definition) is 5. The van der Waals surface area contributed by atoms with E-state index in [0.717, 1.165) is 31.7 Å². The molecule has 0 aliphatic carbocycles. The summed E-state index contributed by atoms with van der Waals surface area (Å²) in [5.74, 6) is 0.931. The Hall–Kier alpha value is -3.58. The van der Waals surface area contributed by atoms with Crippen LogP contribution in [-0.2, 0) is 20.0 Å². The van der Waals surface area contributed by atoms with E-state index in [0.29, 0.717) is 42.6 Å². The molecule has 7 heteroatoms. The van der Waals surface area contributed by atoms with Gasteiger partial charge < -0.3 is 19.5 Å². The van der Waals surface area contributed by atoms with E-state index in [1.165, 1.54) is 21.8 Å². The average molecular weight is 473 g/mol. The fourth-order valence-electron chi connectivity index (χ4n) is 4.99. The highest BCUT2D eigenvalue weighted by Crippen LogP contribution is 2.28. The minimum Gasteiger partial charge on any atom is -0.491 e. The SMILES string of the molecule is CC(CN1CCc2ccccc2C1)CN1CCOc2ccc(Nc3ccn(C)c(=O)c3)cc2C1=O. The molecule has 0 fully saturated rings. The topological polar surface area (TPSA) is 66.8 Å². The van der Waals surface area contributed by atoms with E-state index in [1.54, 1.807) is 13.2 Å². The van der Waals surface area contributed by atoms with Gasteiger partial charge >= 0.3 is 0 Å². The molecule has 0 radical (unpaired) electrons. The number of carbonyl (C=O) groups excluding carboxylic acids is 1. The minimum atomic E-state index is -0.0958. The van der Waals surface area contributed by atoms with Crippen LogP contribution in [0.2, 0.25) is 0 Å². The highest BCUT2D eigenvalue weighted by atomic mass is 16.5. The van der Waals surface area contributed by atoms with E-state index in [1.807, 2.05) is 29.2 Å². The molecule has 182 valence electrons. The summed E-state index contributed by atoms with van der Waals surface area (Å²) in [4.78, 5) is 29.8. The smallest absolute Gasteiger partial charge is 0.257 e. The van der Waals surface area contributed by atoms with Gasteiger partial charge in [0.05, 0.1) is 12.1 Å². The van der Waals surface area contributed by atoms with E-state index in [9.17, 15) is 9.59 Å². The first-order chi connectivity index (χ1) is 17.0. The summed E-state index contributed by atoms with van der Waals surface area (Å²) in [5.41, 5.74) is 4.75. The van der Waals surface area contributed by atoms with Crippen LogP contribution in [0.15, 0.2) is 65.6 Å². The van der Waals surface area contributed by atoms with Crippen LogP contribution >= 0.6 is 0 Å². The quantitative estimate of drug-likeness (QED) is 0.593. The first-order valence-electron chi connectivity index (χ1n) is 12.3. The van der Waals surface area contributed by atoms with Crippen molar-refractivity contribution in [1.82, 2.24) is 14.4 Å². The second kappa shape index (κ2) is 9.96. The largest absolute Gasteiger partial charge is 0.491 e. The van der Waals surface area contributed by atoms with Gasteiger partial charge in [-0.3, -0.25) is 14.5 Å². The second-order valence-corrected chi connectivity index (χ2v) is 9.66. The summed E-state index contributed by atoms with van der Waals surface area (Å²) in [6.07, 6.45) is 2.79. The number of fused-ring (bicyclic) bond motifs is 2. The number of aromatic nitrogens is 1. The maximum atomic E-state index is 13.5. The number of rotatable bonds is 6. The number of carbonyl (C=O) groups is 1. The van der Waals surface area contributed by atoms with Crippen molar-refractivity contribution in [3.8, 4) is 5.75 Å². The van der Waals surface area contributed by atoms with Crippen LogP contribution < -0.4 is 15.6 Å². The zero-order valence-corrected chi connectivity index (χ0v) is 20.4. The zero-order valence-electron chi connectivity index (χ0n) is 20.4. The molecule has 1 unspecified atom stereocenters. The van der Waals surface area contributed by atoms with Crippen LogP contribution in [0.1, 0.15) is 28.4 Å². The van der Waals surface area contributed by atoms with Crippen molar-refractivity contribution in [2.45, 2.75) is 19.9 Å². The monoisotopic (exact) mass is 472 g/mol. The lowest BCUT2D eigenvalue weighted by Crippen LogP contribution is -2.41. The number of nitrogens with one attached hydrogen (secondary N) is 1. The second-order valence-electron chi connectivity index (χ2n) is 9.66. The molecule has 0 spiro atoms. The fourth-order valence-corrected chi connectivity index (χ4v) is 4.99. The van der Waals surface area contributed by atoms with Gasteiger partial charge in [0.1, 0.15) is 12.4 Å². The number of amides is 1. The van der Waals surface area contributed by atoms with E-state index in [-0.39, 0.29) is 11.5 Å². The van der Waals surface area contributed by atoms with Crippen LogP contribution in [0.4, 0.5) is 11.4 Å². The fraction of sp³-hybridized carbons (Fsp3) is 0.357. The normalized spacial score (nSPS) is 16.6. The van der Waals surface area contributed by atoms with Gasteiger partial charge in [0.25, 0.3) is 11.5 Å². The summed E-state index contributed by atoms with van der Waals surface area (Å²) in [6, 6.07) is 17.6. The third-order valence-corrected chi connectivity index (χ3v) is 6.82. The molecule has 1 amide bonds. The van der Waals surface area contributed by atoms with Crippen molar-refractivity contribution in [2.24, 2.45) is 13.0 Å². The predicted octanol–water partition coefficient (Wildman–Crippen LogP) is 3.66. The van der Waals surface area contributed by atoms with Crippen molar-refractivity contribution in [3.63, 3.8) is 0 Å². The number of anilines is 2. The van der Waals surface area contributed by atoms with Gasteiger partial charge in [0, 0.05) is 56.9 Å². The predicted molar refractivity (Wildman–Crippen MR) is 137 cm³/mol. The van der Waals surface area contributed by atoms with Crippen LogP contribution in [0.3, 0.4) is 0 Å². The molecule has 0 bridgehead atoms. The van der Waals surface area contributed by atoms with Crippen LogP contribution in [0.5, 0.6) is 5.75 Å². The van der Waals surface area contributed by atoms with Crippen LogP contribution in [-0.4, -0.2) is 53.1 Å². The van der Waals surface area contributed by atoms with Gasteiger partial charge in [0.2, 0.25) is 0 Å². The van der Waals surface area contributed by atoms with Gasteiger partial charge in [-0.2, -0.15) is 0 Å². The standard InChI is InChI=1S/C28H32N4O3/c1-20(17-31-12-9-21-5-3-4-6-22(21)19-31)18-32-13-14-35-26-8-7-23(15-25(26)28(32)34)29-24-10-11-30(2)27(33)16-24/h3-8,10-11,15-16,20,29H,9,12-14,17-19H2,1-2H3. The first-order valence-corrected chi connectivity index (χ1v) is 12.3. The Kier molecular flexibility index (Phi) is 6.59. The Morgan fingerprint density at radius 3 is 2.60 bits per heavy atom. The maximum Gasteiger partial charge on any atom is 0.257 e. The first kappa shape index (κ1) is 23.2. The summed E-state index contributed by atoms with van der Waals surface area (Å²) in [6.45, 7) is 6.93. The molecule has 0 saturated heterocycles. The van der Waals surface area contributed by atoms with Gasteiger partial charge in [-0.05, 0) is 47.7 Å². The van der Waals surface area contributed by atoms with Gasteiger partial charge in [-0.15, -0.1) is 0 Å². The maximum absolute atomic E-state index is 13.5. The molecule has 2 aliphatic rings. The molecule has 3 aromatic rings. The number of hydrogen-bond donors (Lipinski definition) is 1. The van der Waals surface area contributed by atoms with E-state index < -0.39 is 0 Å². The molecule has 1 aromatic heterocycles. The van der Waals surface area contributed by atoms with E-state index in [2.05, 4.69) is 41.4 Å². The van der Waals surface area contributed by atoms with Crippen molar-refractivity contribution in [1.29, 1.82) is 0 Å². The molecular weight excluding hydrogens is 440 g/mol. The molecule has 2 aromatic carbocycles.